The number of methoxy groups -OCH3 is 1. The number of benzene rings is 1. The first kappa shape index (κ1) is 14.5. The SMILES string of the molecule is COCc1cccc(C(=O)N2C[C@@H](O)C[C@H]2C(=O)O)c1. The van der Waals surface area contributed by atoms with E-state index >= 15 is 0 Å². The van der Waals surface area contributed by atoms with Gasteiger partial charge in [-0.15, -0.1) is 0 Å². The third-order valence-corrected chi connectivity index (χ3v) is 3.31. The molecule has 2 rings (SSSR count). The molecule has 1 aromatic rings. The van der Waals surface area contributed by atoms with Crippen LogP contribution in [0.25, 0.3) is 0 Å². The number of carbonyl (C=O) groups is 2. The van der Waals surface area contributed by atoms with Crippen LogP contribution >= 0.6 is 0 Å². The van der Waals surface area contributed by atoms with E-state index < -0.39 is 18.1 Å². The highest BCUT2D eigenvalue weighted by molar-refractivity contribution is 5.97. The number of ether oxygens (including phenoxy) is 1. The number of amides is 1. The second-order valence-electron chi connectivity index (χ2n) is 4.83. The maximum Gasteiger partial charge on any atom is 0.326 e. The molecule has 1 aliphatic heterocycles. The molecule has 0 bridgehead atoms. The molecule has 1 aromatic carbocycles. The van der Waals surface area contributed by atoms with Gasteiger partial charge in [-0.05, 0) is 17.7 Å². The average molecular weight is 279 g/mol. The zero-order valence-corrected chi connectivity index (χ0v) is 11.2. The smallest absolute Gasteiger partial charge is 0.326 e. The first-order chi connectivity index (χ1) is 9.52. The molecule has 0 radical (unpaired) electrons. The standard InChI is InChI=1S/C14H17NO5/c1-20-8-9-3-2-4-10(5-9)13(17)15-7-11(16)6-12(15)14(18)19/h2-5,11-12,16H,6-8H2,1H3,(H,18,19)/t11-,12-/m0/s1. The lowest BCUT2D eigenvalue weighted by Crippen LogP contribution is -2.40. The largest absolute Gasteiger partial charge is 0.480 e. The molecule has 1 fully saturated rings. The molecule has 20 heavy (non-hydrogen) atoms. The molecule has 1 amide bonds. The third-order valence-electron chi connectivity index (χ3n) is 3.31. The van der Waals surface area contributed by atoms with E-state index in [1.165, 1.54) is 4.90 Å². The van der Waals surface area contributed by atoms with E-state index in [2.05, 4.69) is 0 Å². The van der Waals surface area contributed by atoms with E-state index in [1.807, 2.05) is 6.07 Å². The number of aliphatic hydroxyl groups excluding tert-OH is 1. The zero-order chi connectivity index (χ0) is 14.7. The molecule has 0 aromatic heterocycles. The lowest BCUT2D eigenvalue weighted by molar-refractivity contribution is -0.141. The Labute approximate surface area is 116 Å². The van der Waals surface area contributed by atoms with Gasteiger partial charge in [0.15, 0.2) is 0 Å². The fourth-order valence-electron chi connectivity index (χ4n) is 2.40. The summed E-state index contributed by atoms with van der Waals surface area (Å²) in [6.07, 6.45) is -0.721. The fraction of sp³-hybridized carbons (Fsp3) is 0.429. The molecule has 1 heterocycles. The number of carboxylic acids is 1. The summed E-state index contributed by atoms with van der Waals surface area (Å²) in [5.41, 5.74) is 1.24. The summed E-state index contributed by atoms with van der Waals surface area (Å²) in [6, 6.07) is 5.89. The average Bonchev–Trinajstić information content (AvgIpc) is 2.81. The summed E-state index contributed by atoms with van der Waals surface area (Å²) in [7, 11) is 1.56. The first-order valence-electron chi connectivity index (χ1n) is 6.32. The lowest BCUT2D eigenvalue weighted by Gasteiger charge is -2.21. The molecule has 1 aliphatic rings. The van der Waals surface area contributed by atoms with E-state index in [0.717, 1.165) is 5.56 Å². The molecule has 0 saturated carbocycles. The number of carbonyl (C=O) groups excluding carboxylic acids is 1. The minimum absolute atomic E-state index is 0.0459. The zero-order valence-electron chi connectivity index (χ0n) is 11.2. The second-order valence-corrected chi connectivity index (χ2v) is 4.83. The van der Waals surface area contributed by atoms with Gasteiger partial charge in [0, 0.05) is 25.6 Å². The quantitative estimate of drug-likeness (QED) is 0.837. The van der Waals surface area contributed by atoms with Crippen LogP contribution in [0.5, 0.6) is 0 Å². The molecular formula is C14H17NO5. The minimum atomic E-state index is -1.09. The van der Waals surface area contributed by atoms with Crippen LogP contribution in [0.2, 0.25) is 0 Å². The number of nitrogens with zero attached hydrogens (tertiary/aromatic N) is 1. The highest BCUT2D eigenvalue weighted by atomic mass is 16.5. The molecule has 6 heteroatoms. The van der Waals surface area contributed by atoms with Crippen LogP contribution in [0.1, 0.15) is 22.3 Å². The van der Waals surface area contributed by atoms with Gasteiger partial charge < -0.3 is 19.8 Å². The van der Waals surface area contributed by atoms with Gasteiger partial charge in [0.2, 0.25) is 0 Å². The van der Waals surface area contributed by atoms with Crippen LogP contribution in [-0.4, -0.2) is 52.8 Å². The molecule has 0 spiro atoms. The number of rotatable bonds is 4. The molecule has 1 saturated heterocycles. The van der Waals surface area contributed by atoms with Gasteiger partial charge in [-0.3, -0.25) is 4.79 Å². The Morgan fingerprint density at radius 3 is 2.85 bits per heavy atom. The highest BCUT2D eigenvalue weighted by Crippen LogP contribution is 2.21. The Balaban J connectivity index is 2.21. The van der Waals surface area contributed by atoms with Crippen molar-refractivity contribution in [3.63, 3.8) is 0 Å². The first-order valence-corrected chi connectivity index (χ1v) is 6.32. The van der Waals surface area contributed by atoms with Crippen molar-refractivity contribution in [1.29, 1.82) is 0 Å². The van der Waals surface area contributed by atoms with Crippen molar-refractivity contribution in [2.24, 2.45) is 0 Å². The van der Waals surface area contributed by atoms with Crippen LogP contribution in [0.3, 0.4) is 0 Å². The van der Waals surface area contributed by atoms with E-state index in [1.54, 1.807) is 25.3 Å². The van der Waals surface area contributed by atoms with E-state index in [9.17, 15) is 14.7 Å². The molecule has 2 N–H and O–H groups in total. The number of hydrogen-bond acceptors (Lipinski definition) is 4. The van der Waals surface area contributed by atoms with Crippen molar-refractivity contribution < 1.29 is 24.5 Å². The van der Waals surface area contributed by atoms with Gasteiger partial charge >= 0.3 is 5.97 Å². The van der Waals surface area contributed by atoms with Crippen molar-refractivity contribution in [1.82, 2.24) is 4.90 Å². The summed E-state index contributed by atoms with van der Waals surface area (Å²) in [5.74, 6) is -1.48. The predicted molar refractivity (Wildman–Crippen MR) is 70.2 cm³/mol. The number of β-amino-alcohol motifs (C(OH)–C–C–N with tert-alkyl or cyclic N) is 1. The summed E-state index contributed by atoms with van der Waals surface area (Å²) in [6.45, 7) is 0.427. The number of carboxylic acid groups (broad SMARTS) is 1. The van der Waals surface area contributed by atoms with Crippen molar-refractivity contribution in [3.8, 4) is 0 Å². The Bertz CT molecular complexity index is 516. The van der Waals surface area contributed by atoms with Gasteiger partial charge in [0.25, 0.3) is 5.91 Å². The van der Waals surface area contributed by atoms with E-state index in [-0.39, 0.29) is 18.9 Å². The van der Waals surface area contributed by atoms with Gasteiger partial charge in [-0.2, -0.15) is 0 Å². The van der Waals surface area contributed by atoms with Crippen LogP contribution in [0.4, 0.5) is 0 Å². The van der Waals surface area contributed by atoms with Crippen molar-refractivity contribution in [3.05, 3.63) is 35.4 Å². The Hall–Kier alpha value is -1.92. The monoisotopic (exact) mass is 279 g/mol. The predicted octanol–water partition coefficient (Wildman–Crippen LogP) is 0.493. The molecule has 0 unspecified atom stereocenters. The Morgan fingerprint density at radius 2 is 2.20 bits per heavy atom. The van der Waals surface area contributed by atoms with Crippen LogP contribution in [-0.2, 0) is 16.1 Å². The number of aliphatic hydroxyl groups is 1. The number of likely N-dealkylation sites (tertiary alicyclic amines) is 1. The van der Waals surface area contributed by atoms with Gasteiger partial charge in [0.05, 0.1) is 12.7 Å². The Morgan fingerprint density at radius 1 is 1.45 bits per heavy atom. The molecule has 2 atom stereocenters. The second kappa shape index (κ2) is 6.02. The van der Waals surface area contributed by atoms with Crippen molar-refractivity contribution in [2.75, 3.05) is 13.7 Å². The maximum absolute atomic E-state index is 12.4. The summed E-state index contributed by atoms with van der Waals surface area (Å²) >= 11 is 0. The lowest BCUT2D eigenvalue weighted by atomic mass is 10.1. The van der Waals surface area contributed by atoms with Crippen LogP contribution in [0.15, 0.2) is 24.3 Å². The topological polar surface area (TPSA) is 87.1 Å². The van der Waals surface area contributed by atoms with Crippen LogP contribution in [0, 0.1) is 0 Å². The van der Waals surface area contributed by atoms with E-state index in [4.69, 9.17) is 9.84 Å². The summed E-state index contributed by atoms with van der Waals surface area (Å²) in [5, 5.41) is 18.7. The molecule has 0 aliphatic carbocycles. The minimum Gasteiger partial charge on any atom is -0.480 e. The normalized spacial score (nSPS) is 22.0. The molecule has 6 nitrogen and oxygen atoms in total. The van der Waals surface area contributed by atoms with Crippen LogP contribution < -0.4 is 0 Å². The summed E-state index contributed by atoms with van der Waals surface area (Å²) < 4.78 is 5.01. The van der Waals surface area contributed by atoms with Gasteiger partial charge in [0.1, 0.15) is 6.04 Å². The highest BCUT2D eigenvalue weighted by Gasteiger charge is 2.39. The third kappa shape index (κ3) is 2.97. The number of hydrogen-bond donors (Lipinski definition) is 2. The molecular weight excluding hydrogens is 262 g/mol. The molecule has 108 valence electrons. The van der Waals surface area contributed by atoms with Gasteiger partial charge in [-0.1, -0.05) is 12.1 Å². The van der Waals surface area contributed by atoms with Crippen molar-refractivity contribution >= 4 is 11.9 Å². The maximum atomic E-state index is 12.4. The summed E-state index contributed by atoms with van der Waals surface area (Å²) in [4.78, 5) is 24.7. The van der Waals surface area contributed by atoms with E-state index in [0.29, 0.717) is 12.2 Å². The fourth-order valence-corrected chi connectivity index (χ4v) is 2.40. The Kier molecular flexibility index (Phi) is 4.36. The number of aliphatic carboxylic acids is 1. The van der Waals surface area contributed by atoms with Gasteiger partial charge in [-0.25, -0.2) is 4.79 Å². The van der Waals surface area contributed by atoms with Crippen molar-refractivity contribution in [2.45, 2.75) is 25.2 Å².